The van der Waals surface area contributed by atoms with Crippen LogP contribution >= 0.6 is 11.8 Å². The van der Waals surface area contributed by atoms with E-state index in [9.17, 15) is 4.79 Å². The quantitative estimate of drug-likeness (QED) is 0.416. The molecular formula is C24H18N2O2S. The van der Waals surface area contributed by atoms with E-state index in [2.05, 4.69) is 46.6 Å². The molecule has 5 heteroatoms. The summed E-state index contributed by atoms with van der Waals surface area (Å²) in [6.45, 7) is 0. The molecule has 1 N–H and O–H groups in total. The normalized spacial score (nSPS) is 10.6. The van der Waals surface area contributed by atoms with Crippen molar-refractivity contribution in [3.05, 3.63) is 102 Å². The van der Waals surface area contributed by atoms with Gasteiger partial charge in [-0.3, -0.25) is 0 Å². The predicted octanol–water partition coefficient (Wildman–Crippen LogP) is 5.80. The number of thioether (sulfide) groups is 1. The number of aromatic carboxylic acids is 1. The van der Waals surface area contributed by atoms with Crippen molar-refractivity contribution in [2.45, 2.75) is 10.8 Å². The Morgan fingerprint density at radius 1 is 0.724 bits per heavy atom. The van der Waals surface area contributed by atoms with Crippen LogP contribution in [0.3, 0.4) is 0 Å². The monoisotopic (exact) mass is 398 g/mol. The minimum absolute atomic E-state index is 0.293. The average Bonchev–Trinajstić information content (AvgIpc) is 2.79. The van der Waals surface area contributed by atoms with E-state index in [1.165, 1.54) is 11.1 Å². The highest BCUT2D eigenvalue weighted by molar-refractivity contribution is 7.98. The van der Waals surface area contributed by atoms with Crippen LogP contribution in [-0.4, -0.2) is 21.3 Å². The first-order valence-electron chi connectivity index (χ1n) is 9.14. The number of carboxylic acid groups (broad SMARTS) is 1. The largest absolute Gasteiger partial charge is 0.478 e. The van der Waals surface area contributed by atoms with Crippen molar-refractivity contribution in [2.24, 2.45) is 0 Å². The van der Waals surface area contributed by atoms with Crippen molar-refractivity contribution in [1.82, 2.24) is 10.2 Å². The van der Waals surface area contributed by atoms with E-state index >= 15 is 0 Å². The molecule has 0 radical (unpaired) electrons. The lowest BCUT2D eigenvalue weighted by atomic mass is 10.0. The molecule has 0 amide bonds. The van der Waals surface area contributed by atoms with Gasteiger partial charge >= 0.3 is 5.97 Å². The molecule has 0 spiro atoms. The van der Waals surface area contributed by atoms with Crippen molar-refractivity contribution >= 4 is 17.7 Å². The Balaban J connectivity index is 1.40. The third kappa shape index (κ3) is 4.70. The molecule has 142 valence electrons. The number of aromatic nitrogens is 2. The number of rotatable bonds is 6. The van der Waals surface area contributed by atoms with Crippen LogP contribution in [0.15, 0.2) is 96.0 Å². The molecule has 0 unspecified atom stereocenters. The third-order valence-corrected chi connectivity index (χ3v) is 5.51. The SMILES string of the molecule is O=C(O)c1ccc(CSc2ccc(-c3ccc(-c4ccccc4)cc3)nn2)cc1. The highest BCUT2D eigenvalue weighted by Gasteiger charge is 2.05. The number of carboxylic acids is 1. The maximum atomic E-state index is 10.9. The fraction of sp³-hybridized carbons (Fsp3) is 0.0417. The van der Waals surface area contributed by atoms with Gasteiger partial charge in [0.1, 0.15) is 5.03 Å². The second kappa shape index (κ2) is 8.71. The summed E-state index contributed by atoms with van der Waals surface area (Å²) in [5.74, 6) is -0.206. The molecular weight excluding hydrogens is 380 g/mol. The Bertz CT molecular complexity index is 1090. The Hall–Kier alpha value is -3.44. The molecule has 0 saturated carbocycles. The van der Waals surface area contributed by atoms with Crippen molar-refractivity contribution in [3.63, 3.8) is 0 Å². The van der Waals surface area contributed by atoms with Crippen LogP contribution in [0.1, 0.15) is 15.9 Å². The summed E-state index contributed by atoms with van der Waals surface area (Å²) in [5, 5.41) is 18.5. The smallest absolute Gasteiger partial charge is 0.335 e. The van der Waals surface area contributed by atoms with Gasteiger partial charge in [0, 0.05) is 11.3 Å². The van der Waals surface area contributed by atoms with Gasteiger partial charge in [0.05, 0.1) is 11.3 Å². The highest BCUT2D eigenvalue weighted by Crippen LogP contribution is 2.25. The maximum absolute atomic E-state index is 10.9. The van der Waals surface area contributed by atoms with Crippen LogP contribution in [0.2, 0.25) is 0 Å². The zero-order valence-electron chi connectivity index (χ0n) is 15.5. The van der Waals surface area contributed by atoms with Gasteiger partial charge in [-0.1, -0.05) is 78.5 Å². The fourth-order valence-corrected chi connectivity index (χ4v) is 3.69. The van der Waals surface area contributed by atoms with E-state index in [1.807, 2.05) is 42.5 Å². The summed E-state index contributed by atoms with van der Waals surface area (Å²) in [6.07, 6.45) is 0. The molecule has 4 rings (SSSR count). The molecule has 4 aromatic rings. The second-order valence-electron chi connectivity index (χ2n) is 6.49. The molecule has 1 heterocycles. The molecule has 0 aliphatic rings. The zero-order chi connectivity index (χ0) is 20.1. The molecule has 0 saturated heterocycles. The van der Waals surface area contributed by atoms with Crippen LogP contribution in [0.25, 0.3) is 22.4 Å². The Kier molecular flexibility index (Phi) is 5.68. The van der Waals surface area contributed by atoms with Crippen molar-refractivity contribution in [3.8, 4) is 22.4 Å². The molecule has 0 fully saturated rings. The molecule has 4 nitrogen and oxygen atoms in total. The van der Waals surface area contributed by atoms with Crippen molar-refractivity contribution in [2.75, 3.05) is 0 Å². The van der Waals surface area contributed by atoms with Crippen LogP contribution in [0.4, 0.5) is 0 Å². The topological polar surface area (TPSA) is 63.1 Å². The number of hydrogen-bond donors (Lipinski definition) is 1. The Morgan fingerprint density at radius 3 is 2.00 bits per heavy atom. The van der Waals surface area contributed by atoms with E-state index in [-0.39, 0.29) is 0 Å². The number of benzene rings is 3. The Morgan fingerprint density at radius 2 is 1.38 bits per heavy atom. The minimum Gasteiger partial charge on any atom is -0.478 e. The lowest BCUT2D eigenvalue weighted by molar-refractivity contribution is 0.0697. The first-order chi connectivity index (χ1) is 14.2. The van der Waals surface area contributed by atoms with E-state index in [0.29, 0.717) is 11.3 Å². The van der Waals surface area contributed by atoms with Gasteiger partial charge in [-0.15, -0.1) is 10.2 Å². The zero-order valence-corrected chi connectivity index (χ0v) is 16.3. The van der Waals surface area contributed by atoms with Gasteiger partial charge in [0.2, 0.25) is 0 Å². The fourth-order valence-electron chi connectivity index (χ4n) is 2.92. The summed E-state index contributed by atoms with van der Waals surface area (Å²) >= 11 is 1.57. The standard InChI is InChI=1S/C24H18N2O2S/c27-24(28)21-8-6-17(7-9-21)16-29-23-15-14-22(25-26-23)20-12-10-19(11-13-20)18-4-2-1-3-5-18/h1-15H,16H2,(H,27,28). The summed E-state index contributed by atoms with van der Waals surface area (Å²) in [4.78, 5) is 10.9. The van der Waals surface area contributed by atoms with Gasteiger partial charge < -0.3 is 5.11 Å². The van der Waals surface area contributed by atoms with E-state index in [4.69, 9.17) is 5.11 Å². The first kappa shape index (κ1) is 18.9. The number of nitrogens with zero attached hydrogens (tertiary/aromatic N) is 2. The summed E-state index contributed by atoms with van der Waals surface area (Å²) < 4.78 is 0. The predicted molar refractivity (Wildman–Crippen MR) is 116 cm³/mol. The maximum Gasteiger partial charge on any atom is 0.335 e. The molecule has 0 aliphatic carbocycles. The lowest BCUT2D eigenvalue weighted by Gasteiger charge is -2.05. The van der Waals surface area contributed by atoms with E-state index < -0.39 is 5.97 Å². The Labute approximate surface area is 173 Å². The highest BCUT2D eigenvalue weighted by atomic mass is 32.2. The van der Waals surface area contributed by atoms with Crippen LogP contribution in [-0.2, 0) is 5.75 Å². The van der Waals surface area contributed by atoms with Gasteiger partial charge in [0.25, 0.3) is 0 Å². The average molecular weight is 398 g/mol. The first-order valence-corrected chi connectivity index (χ1v) is 10.1. The van der Waals surface area contributed by atoms with Gasteiger partial charge in [-0.2, -0.15) is 0 Å². The van der Waals surface area contributed by atoms with Gasteiger partial charge in [-0.25, -0.2) is 4.79 Å². The van der Waals surface area contributed by atoms with Crippen LogP contribution in [0.5, 0.6) is 0 Å². The number of carbonyl (C=O) groups is 1. The van der Waals surface area contributed by atoms with Crippen LogP contribution in [0, 0.1) is 0 Å². The van der Waals surface area contributed by atoms with E-state index in [0.717, 1.165) is 21.8 Å². The van der Waals surface area contributed by atoms with E-state index in [1.54, 1.807) is 23.9 Å². The number of hydrogen-bond acceptors (Lipinski definition) is 4. The molecule has 0 atom stereocenters. The van der Waals surface area contributed by atoms with Gasteiger partial charge in [0.15, 0.2) is 0 Å². The van der Waals surface area contributed by atoms with Crippen molar-refractivity contribution in [1.29, 1.82) is 0 Å². The van der Waals surface area contributed by atoms with Crippen molar-refractivity contribution < 1.29 is 9.90 Å². The second-order valence-corrected chi connectivity index (χ2v) is 7.49. The molecule has 0 aliphatic heterocycles. The summed E-state index contributed by atoms with van der Waals surface area (Å²) in [7, 11) is 0. The lowest BCUT2D eigenvalue weighted by Crippen LogP contribution is -1.95. The summed E-state index contributed by atoms with van der Waals surface area (Å²) in [5.41, 5.74) is 5.55. The summed E-state index contributed by atoms with van der Waals surface area (Å²) in [6, 6.07) is 29.4. The van der Waals surface area contributed by atoms with Crippen LogP contribution < -0.4 is 0 Å². The molecule has 0 bridgehead atoms. The molecule has 29 heavy (non-hydrogen) atoms. The van der Waals surface area contributed by atoms with Gasteiger partial charge in [-0.05, 0) is 41.0 Å². The molecule has 3 aromatic carbocycles. The third-order valence-electron chi connectivity index (χ3n) is 4.52. The molecule has 1 aromatic heterocycles. The minimum atomic E-state index is -0.914.